The summed E-state index contributed by atoms with van der Waals surface area (Å²) in [6.45, 7) is 2.45. The number of carbonyl (C=O) groups excluding carboxylic acids is 1. The van der Waals surface area contributed by atoms with Gasteiger partial charge in [-0.1, -0.05) is 23.7 Å². The Morgan fingerprint density at radius 2 is 2.00 bits per heavy atom. The van der Waals surface area contributed by atoms with Crippen LogP contribution in [0.1, 0.15) is 27.4 Å². The quantitative estimate of drug-likeness (QED) is 0.444. The van der Waals surface area contributed by atoms with E-state index in [1.165, 1.54) is 18.5 Å². The van der Waals surface area contributed by atoms with Crippen molar-refractivity contribution in [3.63, 3.8) is 0 Å². The molecule has 0 saturated heterocycles. The van der Waals surface area contributed by atoms with E-state index in [1.54, 1.807) is 41.1 Å². The molecule has 4 aromatic rings. The Morgan fingerprint density at radius 1 is 1.19 bits per heavy atom. The smallest absolute Gasteiger partial charge is 0.293 e. The summed E-state index contributed by atoms with van der Waals surface area (Å²) in [4.78, 5) is 16.5. The van der Waals surface area contributed by atoms with Crippen LogP contribution in [0.4, 0.5) is 10.3 Å². The molecule has 7 nitrogen and oxygen atoms in total. The number of hydrogen-bond donors (Lipinski definition) is 1. The molecule has 0 aliphatic rings. The summed E-state index contributed by atoms with van der Waals surface area (Å²) in [5.74, 6) is 0.612. The molecule has 0 fully saturated rings. The number of ether oxygens (including phenoxy) is 1. The topological polar surface area (TPSA) is 82.2 Å². The van der Waals surface area contributed by atoms with Gasteiger partial charge in [-0.05, 0) is 60.5 Å². The third kappa shape index (κ3) is 5.29. The lowest BCUT2D eigenvalue weighted by Gasteiger charge is -2.06. The zero-order valence-corrected chi connectivity index (χ0v) is 17.3. The van der Waals surface area contributed by atoms with Crippen LogP contribution in [-0.4, -0.2) is 20.7 Å². The number of rotatable bonds is 7. The molecule has 0 bridgehead atoms. The number of halogens is 2. The lowest BCUT2D eigenvalue weighted by molar-refractivity contribution is 0.0991. The van der Waals surface area contributed by atoms with Gasteiger partial charge in [-0.25, -0.2) is 14.1 Å². The van der Waals surface area contributed by atoms with E-state index in [9.17, 15) is 9.18 Å². The Kier molecular flexibility index (Phi) is 5.99. The minimum Gasteiger partial charge on any atom is -0.486 e. The van der Waals surface area contributed by atoms with Crippen molar-refractivity contribution in [2.45, 2.75) is 20.1 Å². The molecule has 0 unspecified atom stereocenters. The number of hydrogen-bond acceptors (Lipinski definition) is 5. The Bertz CT molecular complexity index is 1200. The van der Waals surface area contributed by atoms with Gasteiger partial charge in [-0.15, -0.1) is 5.10 Å². The van der Waals surface area contributed by atoms with Crippen molar-refractivity contribution in [2.24, 2.45) is 0 Å². The maximum Gasteiger partial charge on any atom is 0.293 e. The molecule has 4 rings (SSSR count). The molecule has 2 aromatic carbocycles. The lowest BCUT2D eigenvalue weighted by Crippen LogP contribution is -2.12. The van der Waals surface area contributed by atoms with Gasteiger partial charge in [0, 0.05) is 5.02 Å². The molecule has 0 spiro atoms. The number of anilines is 1. The predicted molar refractivity (Wildman–Crippen MR) is 113 cm³/mol. The van der Waals surface area contributed by atoms with Gasteiger partial charge in [-0.3, -0.25) is 10.1 Å². The average molecular weight is 441 g/mol. The second-order valence-corrected chi connectivity index (χ2v) is 7.22. The van der Waals surface area contributed by atoms with E-state index in [4.69, 9.17) is 20.8 Å². The highest BCUT2D eigenvalue weighted by atomic mass is 35.5. The first-order chi connectivity index (χ1) is 15.0. The summed E-state index contributed by atoms with van der Waals surface area (Å²) >= 11 is 6.01. The zero-order valence-electron chi connectivity index (χ0n) is 16.5. The number of aromatic nitrogens is 3. The minimum absolute atomic E-state index is 0.112. The lowest BCUT2D eigenvalue weighted by atomic mass is 10.2. The molecule has 9 heteroatoms. The van der Waals surface area contributed by atoms with Crippen LogP contribution in [0.3, 0.4) is 0 Å². The maximum atomic E-state index is 13.0. The fourth-order valence-corrected chi connectivity index (χ4v) is 2.92. The zero-order chi connectivity index (χ0) is 21.8. The van der Waals surface area contributed by atoms with Gasteiger partial charge in [0.1, 0.15) is 30.3 Å². The summed E-state index contributed by atoms with van der Waals surface area (Å²) in [6.07, 6.45) is 1.48. The number of furan rings is 1. The van der Waals surface area contributed by atoms with Gasteiger partial charge in [-0.2, -0.15) is 0 Å². The fraction of sp³-hybridized carbons (Fsp3) is 0.136. The van der Waals surface area contributed by atoms with Crippen LogP contribution in [0.5, 0.6) is 5.75 Å². The normalized spacial score (nSPS) is 10.8. The van der Waals surface area contributed by atoms with E-state index in [2.05, 4.69) is 15.4 Å². The van der Waals surface area contributed by atoms with Crippen LogP contribution in [0.2, 0.25) is 5.02 Å². The number of benzene rings is 2. The van der Waals surface area contributed by atoms with Crippen LogP contribution < -0.4 is 10.1 Å². The van der Waals surface area contributed by atoms with E-state index in [1.807, 2.05) is 13.0 Å². The molecule has 0 radical (unpaired) electrons. The van der Waals surface area contributed by atoms with Gasteiger partial charge in [0.25, 0.3) is 5.91 Å². The third-order valence-electron chi connectivity index (χ3n) is 4.42. The Morgan fingerprint density at radius 3 is 2.77 bits per heavy atom. The number of nitrogens with one attached hydrogen (secondary N) is 1. The van der Waals surface area contributed by atoms with E-state index in [0.717, 1.165) is 11.1 Å². The maximum absolute atomic E-state index is 13.0. The van der Waals surface area contributed by atoms with Crippen molar-refractivity contribution in [3.8, 4) is 5.75 Å². The first kappa shape index (κ1) is 20.6. The molecule has 1 N–H and O–H groups in total. The number of carbonyl (C=O) groups is 1. The molecular weight excluding hydrogens is 423 g/mol. The monoisotopic (exact) mass is 440 g/mol. The van der Waals surface area contributed by atoms with E-state index in [-0.39, 0.29) is 24.1 Å². The molecule has 2 heterocycles. The van der Waals surface area contributed by atoms with Crippen LogP contribution in [-0.2, 0) is 13.2 Å². The molecule has 2 aromatic heterocycles. The van der Waals surface area contributed by atoms with Crippen LogP contribution in [0, 0.1) is 12.7 Å². The third-order valence-corrected chi connectivity index (χ3v) is 4.84. The van der Waals surface area contributed by atoms with Crippen molar-refractivity contribution in [3.05, 3.63) is 94.4 Å². The van der Waals surface area contributed by atoms with Gasteiger partial charge < -0.3 is 9.15 Å². The van der Waals surface area contributed by atoms with Crippen molar-refractivity contribution in [1.29, 1.82) is 0 Å². The van der Waals surface area contributed by atoms with Crippen molar-refractivity contribution in [1.82, 2.24) is 14.8 Å². The summed E-state index contributed by atoms with van der Waals surface area (Å²) < 4.78 is 25.8. The summed E-state index contributed by atoms with van der Waals surface area (Å²) in [5, 5.41) is 7.44. The number of nitrogens with zero attached hydrogens (tertiary/aromatic N) is 3. The van der Waals surface area contributed by atoms with Crippen molar-refractivity contribution >= 4 is 23.5 Å². The van der Waals surface area contributed by atoms with Crippen LogP contribution in [0.25, 0.3) is 0 Å². The largest absolute Gasteiger partial charge is 0.486 e. The molecular formula is C22H18ClFN4O3. The Balaban J connectivity index is 1.33. The first-order valence-electron chi connectivity index (χ1n) is 9.39. The summed E-state index contributed by atoms with van der Waals surface area (Å²) in [6, 6.07) is 14.6. The highest BCUT2D eigenvalue weighted by Crippen LogP contribution is 2.22. The Labute approximate surface area is 182 Å². The molecule has 0 atom stereocenters. The standard InChI is InChI=1S/C22H18ClFN4O3/c1-14-10-17(6-8-19(14)23)30-12-18-7-9-20(31-18)21(29)26-22-25-13-28(27-22)11-15-2-4-16(24)5-3-15/h2-10,13H,11-12H2,1H3,(H,26,27,29). The second kappa shape index (κ2) is 9.01. The first-order valence-corrected chi connectivity index (χ1v) is 9.77. The second-order valence-electron chi connectivity index (χ2n) is 6.81. The molecule has 31 heavy (non-hydrogen) atoms. The molecule has 0 saturated carbocycles. The fourth-order valence-electron chi connectivity index (χ4n) is 2.81. The number of amides is 1. The predicted octanol–water partition coefficient (Wildman–Crippen LogP) is 4.85. The van der Waals surface area contributed by atoms with Crippen molar-refractivity contribution in [2.75, 3.05) is 5.32 Å². The highest BCUT2D eigenvalue weighted by molar-refractivity contribution is 6.31. The van der Waals surface area contributed by atoms with E-state index >= 15 is 0 Å². The van der Waals surface area contributed by atoms with Gasteiger partial charge >= 0.3 is 0 Å². The van der Waals surface area contributed by atoms with Gasteiger partial charge in [0.2, 0.25) is 5.95 Å². The van der Waals surface area contributed by atoms with Gasteiger partial charge in [0.15, 0.2) is 5.76 Å². The van der Waals surface area contributed by atoms with Gasteiger partial charge in [0.05, 0.1) is 6.54 Å². The van der Waals surface area contributed by atoms with E-state index < -0.39 is 5.91 Å². The highest BCUT2D eigenvalue weighted by Gasteiger charge is 2.14. The summed E-state index contributed by atoms with van der Waals surface area (Å²) in [7, 11) is 0. The van der Waals surface area contributed by atoms with Crippen molar-refractivity contribution < 1.29 is 18.3 Å². The SMILES string of the molecule is Cc1cc(OCc2ccc(C(=O)Nc3ncn(Cc4ccc(F)cc4)n3)o2)ccc1Cl. The molecule has 0 aliphatic carbocycles. The van der Waals surface area contributed by atoms with E-state index in [0.29, 0.717) is 23.1 Å². The average Bonchev–Trinajstić information content (AvgIpc) is 3.40. The Hall–Kier alpha value is -3.65. The van der Waals surface area contributed by atoms with Crippen LogP contribution in [0.15, 0.2) is 65.3 Å². The molecule has 158 valence electrons. The number of aryl methyl sites for hydroxylation is 1. The minimum atomic E-state index is -0.479. The molecule has 1 amide bonds. The molecule has 0 aliphatic heterocycles. The summed E-state index contributed by atoms with van der Waals surface area (Å²) in [5.41, 5.74) is 1.76. The van der Waals surface area contributed by atoms with Crippen LogP contribution >= 0.6 is 11.6 Å².